The number of aldehydes is 1. The fourth-order valence-corrected chi connectivity index (χ4v) is 15.9. The van der Waals surface area contributed by atoms with Crippen molar-refractivity contribution in [1.82, 2.24) is 20.0 Å². The summed E-state index contributed by atoms with van der Waals surface area (Å²) in [7, 11) is -1.87. The van der Waals surface area contributed by atoms with Crippen LogP contribution < -0.4 is 14.8 Å². The van der Waals surface area contributed by atoms with Crippen LogP contribution in [0.15, 0.2) is 155 Å². The van der Waals surface area contributed by atoms with Crippen LogP contribution in [0.5, 0.6) is 11.5 Å². The number of carbonyl (C=O) groups is 3. The number of nitriles is 1. The van der Waals surface area contributed by atoms with Crippen LogP contribution in [-0.4, -0.2) is 126 Å². The molecule has 494 valence electrons. The molecular formula is C77H79Cl4N5O7S2. The SMILES string of the molecule is C#Cc1cc2ccccc2c2c1OC[C@H](C)CN(C[C@@H](CCN1CCC(c3ccccc3[S@](C)=O)CC1)c1ccc(Cl)c(Cl)c1)C2=O.C[C@H]1COc2c(C#N)cc3ccccc3c2C(=O)N(C[C@@H](CC=O)c2ccc(Cl)c(Cl)c2)C1.C[S@](=O)c1ccccc1C1CCNCC1. The molecule has 12 nitrogen and oxygen atoms in total. The van der Waals surface area contributed by atoms with E-state index in [1.54, 1.807) is 35.6 Å². The minimum atomic E-state index is -1.00. The largest absolute Gasteiger partial charge is 0.491 e. The molecule has 6 atom stereocenters. The molecule has 0 bridgehead atoms. The maximum absolute atomic E-state index is 14.6. The summed E-state index contributed by atoms with van der Waals surface area (Å²) in [6, 6.07) is 48.6. The summed E-state index contributed by atoms with van der Waals surface area (Å²) >= 11 is 25.2. The first-order chi connectivity index (χ1) is 45.9. The molecular weight excluding hydrogens is 1310 g/mol. The van der Waals surface area contributed by atoms with E-state index in [0.29, 0.717) is 105 Å². The number of ether oxygens (including phenoxy) is 2. The molecule has 0 spiro atoms. The Morgan fingerprint density at radius 3 is 1.55 bits per heavy atom. The fraction of sp³-hybridized carbons (Fsp3) is 0.351. The molecule has 2 fully saturated rings. The maximum atomic E-state index is 14.6. The molecule has 4 aliphatic heterocycles. The zero-order valence-corrected chi connectivity index (χ0v) is 58.6. The number of nitrogens with zero attached hydrogens (tertiary/aromatic N) is 4. The number of rotatable bonds is 15. The van der Waals surface area contributed by atoms with Crippen LogP contribution in [-0.2, 0) is 26.4 Å². The Balaban J connectivity index is 0.000000176. The van der Waals surface area contributed by atoms with E-state index in [1.807, 2.05) is 127 Å². The van der Waals surface area contributed by atoms with Crippen molar-refractivity contribution in [3.63, 3.8) is 0 Å². The summed E-state index contributed by atoms with van der Waals surface area (Å²) in [6.45, 7) is 11.8. The van der Waals surface area contributed by atoms with Crippen molar-refractivity contribution >= 4 is 108 Å². The van der Waals surface area contributed by atoms with E-state index in [2.05, 4.69) is 41.3 Å². The van der Waals surface area contributed by atoms with Gasteiger partial charge in [0, 0.05) is 78.6 Å². The van der Waals surface area contributed by atoms with Gasteiger partial charge in [-0.25, -0.2) is 0 Å². The minimum Gasteiger partial charge on any atom is -0.491 e. The Morgan fingerprint density at radius 2 is 1.06 bits per heavy atom. The number of piperidine rings is 2. The second-order valence-corrected chi connectivity index (χ2v) is 29.6. The van der Waals surface area contributed by atoms with Gasteiger partial charge in [-0.05, 0) is 169 Å². The molecule has 2 amide bonds. The van der Waals surface area contributed by atoms with Crippen molar-refractivity contribution in [2.75, 3.05) is 84.6 Å². The zero-order chi connectivity index (χ0) is 67.3. The van der Waals surface area contributed by atoms with Crippen molar-refractivity contribution in [3.8, 4) is 29.9 Å². The molecule has 18 heteroatoms. The maximum Gasteiger partial charge on any atom is 0.258 e. The number of nitrogens with one attached hydrogen (secondary N) is 1. The van der Waals surface area contributed by atoms with E-state index >= 15 is 0 Å². The van der Waals surface area contributed by atoms with Crippen LogP contribution in [0, 0.1) is 35.5 Å². The smallest absolute Gasteiger partial charge is 0.258 e. The van der Waals surface area contributed by atoms with Crippen LogP contribution in [0.2, 0.25) is 20.1 Å². The number of likely N-dealkylation sites (tertiary alicyclic amines) is 1. The third-order valence-corrected chi connectivity index (χ3v) is 22.0. The van der Waals surface area contributed by atoms with Gasteiger partial charge in [0.15, 0.2) is 0 Å². The third-order valence-electron chi connectivity index (χ3n) is 18.5. The summed E-state index contributed by atoms with van der Waals surface area (Å²) in [5.74, 6) is 4.20. The molecule has 4 heterocycles. The molecule has 0 saturated carbocycles. The van der Waals surface area contributed by atoms with E-state index in [-0.39, 0.29) is 41.9 Å². The van der Waals surface area contributed by atoms with Crippen molar-refractivity contribution in [3.05, 3.63) is 210 Å². The Kier molecular flexibility index (Phi) is 24.7. The number of carbonyl (C=O) groups excluding carboxylic acids is 3. The number of benzene rings is 8. The van der Waals surface area contributed by atoms with E-state index in [1.165, 1.54) is 11.1 Å². The first-order valence-electron chi connectivity index (χ1n) is 32.4. The number of terminal acetylenes is 1. The monoisotopic (exact) mass is 1390 g/mol. The topological polar surface area (TPSA) is 149 Å². The number of halogens is 4. The zero-order valence-electron chi connectivity index (χ0n) is 54.0. The molecule has 1 N–H and O–H groups in total. The van der Waals surface area contributed by atoms with Crippen LogP contribution in [0.4, 0.5) is 0 Å². The summed E-state index contributed by atoms with van der Waals surface area (Å²) < 4.78 is 36.2. The van der Waals surface area contributed by atoms with Gasteiger partial charge in [0.05, 0.1) is 77.2 Å². The Labute approximate surface area is 583 Å². The average molecular weight is 1390 g/mol. The van der Waals surface area contributed by atoms with E-state index in [4.69, 9.17) is 62.3 Å². The highest BCUT2D eigenvalue weighted by Gasteiger charge is 2.34. The van der Waals surface area contributed by atoms with Crippen LogP contribution in [0.1, 0.15) is 130 Å². The minimum absolute atomic E-state index is 0.0331. The van der Waals surface area contributed by atoms with E-state index in [0.717, 1.165) is 114 Å². The Hall–Kier alpha value is -7.08. The predicted octanol–water partition coefficient (Wildman–Crippen LogP) is 16.1. The van der Waals surface area contributed by atoms with Gasteiger partial charge in [-0.2, -0.15) is 5.26 Å². The summed E-state index contributed by atoms with van der Waals surface area (Å²) in [5.41, 5.74) is 6.26. The van der Waals surface area contributed by atoms with Crippen LogP contribution >= 0.6 is 46.4 Å². The predicted molar refractivity (Wildman–Crippen MR) is 386 cm³/mol. The quantitative estimate of drug-likeness (QED) is 0.0776. The molecule has 8 aromatic carbocycles. The highest BCUT2D eigenvalue weighted by molar-refractivity contribution is 7.84. The number of hydrogen-bond acceptors (Lipinski definition) is 10. The van der Waals surface area contributed by atoms with Gasteiger partial charge in [-0.15, -0.1) is 6.42 Å². The molecule has 4 aliphatic rings. The van der Waals surface area contributed by atoms with Gasteiger partial charge in [-0.3, -0.25) is 18.0 Å². The van der Waals surface area contributed by atoms with Crippen LogP contribution in [0.25, 0.3) is 21.5 Å². The summed E-state index contributed by atoms with van der Waals surface area (Å²) in [5, 5.41) is 18.2. The van der Waals surface area contributed by atoms with Gasteiger partial charge in [-0.1, -0.05) is 163 Å². The van der Waals surface area contributed by atoms with Gasteiger partial charge in [0.25, 0.3) is 11.8 Å². The lowest BCUT2D eigenvalue weighted by molar-refractivity contribution is -0.108. The molecule has 0 radical (unpaired) electrons. The molecule has 0 aliphatic carbocycles. The van der Waals surface area contributed by atoms with Gasteiger partial charge in [0.1, 0.15) is 23.9 Å². The molecule has 0 unspecified atom stereocenters. The lowest BCUT2D eigenvalue weighted by Crippen LogP contribution is -2.42. The van der Waals surface area contributed by atoms with Gasteiger partial charge >= 0.3 is 0 Å². The van der Waals surface area contributed by atoms with E-state index in [9.17, 15) is 28.1 Å². The highest BCUT2D eigenvalue weighted by atomic mass is 35.5. The molecule has 0 aromatic heterocycles. The average Bonchev–Trinajstić information content (AvgIpc) is 0.775. The van der Waals surface area contributed by atoms with Gasteiger partial charge in [0.2, 0.25) is 0 Å². The van der Waals surface area contributed by atoms with Gasteiger partial charge < -0.3 is 34.3 Å². The van der Waals surface area contributed by atoms with Crippen molar-refractivity contribution < 1.29 is 32.3 Å². The lowest BCUT2D eigenvalue weighted by atomic mass is 9.88. The second kappa shape index (κ2) is 33.2. The third kappa shape index (κ3) is 17.2. The lowest BCUT2D eigenvalue weighted by Gasteiger charge is -2.36. The Morgan fingerprint density at radius 1 is 0.611 bits per heavy atom. The summed E-state index contributed by atoms with van der Waals surface area (Å²) in [4.78, 5) is 48.2. The first-order valence-corrected chi connectivity index (χ1v) is 37.0. The standard InChI is InChI=1S/C39H40Cl2N2O3S.C26H22Cl2N2O3.C12H17NOS/c1-4-27-21-30-9-5-6-11-33(30)37-38(27)46-25-26(2)23-43(39(37)44)24-31(29-13-14-34(40)35(41)22-29)17-20-42-18-15-28(16-19-42)32-10-7-8-12-36(32)47(3)45;1-16-13-30(14-19(8-9-31)17-6-7-22(27)23(28)11-17)26(32)24-21-5-3-2-4-18(21)10-20(12-29)25(24)33-15-16;1-15(14)12-5-3-2-4-11(12)10-6-8-13-9-7-10/h1,5-14,21-22,26,28,31H,15-20,23-25H2,2-3H3;2-7,9-11,16,19H,8,13-15H2,1H3;2-5,10,13H,6-9H2,1H3/t26-,31-,47+;16-,19-;15-/m110/s1. The van der Waals surface area contributed by atoms with Crippen molar-refractivity contribution in [2.45, 2.75) is 85.8 Å². The number of hydrogen-bond donors (Lipinski definition) is 1. The van der Waals surface area contributed by atoms with E-state index < -0.39 is 21.6 Å². The summed E-state index contributed by atoms with van der Waals surface area (Å²) in [6.07, 6.45) is 15.8. The molecule has 2 saturated heterocycles. The van der Waals surface area contributed by atoms with Crippen molar-refractivity contribution in [1.29, 1.82) is 5.26 Å². The molecule has 12 rings (SSSR count). The Bertz CT molecular complexity index is 4240. The second-order valence-electron chi connectivity index (χ2n) is 25.3. The molecule has 8 aromatic rings. The fourth-order valence-electron chi connectivity index (χ4n) is 13.6. The normalized spacial score (nSPS) is 18.4. The molecule has 95 heavy (non-hydrogen) atoms. The number of fused-ring (bicyclic) bond motifs is 6. The highest BCUT2D eigenvalue weighted by Crippen LogP contribution is 2.40. The van der Waals surface area contributed by atoms with Crippen LogP contribution in [0.3, 0.4) is 0 Å². The van der Waals surface area contributed by atoms with Crippen molar-refractivity contribution in [2.24, 2.45) is 11.8 Å². The number of amides is 2. The first kappa shape index (κ1) is 70.7.